The van der Waals surface area contributed by atoms with E-state index in [1.165, 1.54) is 7.11 Å². The Morgan fingerprint density at radius 3 is 2.48 bits per heavy atom. The molecule has 2 aromatic carbocycles. The van der Waals surface area contributed by atoms with Gasteiger partial charge in [0.2, 0.25) is 0 Å². The summed E-state index contributed by atoms with van der Waals surface area (Å²) in [5.74, 6) is -0.775. The summed E-state index contributed by atoms with van der Waals surface area (Å²) in [7, 11) is 1.32. The van der Waals surface area contributed by atoms with Crippen LogP contribution in [0.15, 0.2) is 53.0 Å². The average Bonchev–Trinajstić information content (AvgIpc) is 2.55. The number of ether oxygens (including phenoxy) is 1. The molecule has 0 heterocycles. The van der Waals surface area contributed by atoms with Crippen molar-refractivity contribution in [2.24, 2.45) is 0 Å². The van der Waals surface area contributed by atoms with E-state index in [4.69, 9.17) is 4.74 Å². The van der Waals surface area contributed by atoms with Gasteiger partial charge in [0.15, 0.2) is 0 Å². The monoisotopic (exact) mass is 375 g/mol. The van der Waals surface area contributed by atoms with Crippen LogP contribution in [0.4, 0.5) is 0 Å². The molecule has 5 heteroatoms. The maximum absolute atomic E-state index is 12.3. The van der Waals surface area contributed by atoms with Crippen LogP contribution in [0.25, 0.3) is 0 Å². The summed E-state index contributed by atoms with van der Waals surface area (Å²) in [6.07, 6.45) is 0.382. The zero-order valence-corrected chi connectivity index (χ0v) is 14.6. The van der Waals surface area contributed by atoms with Crippen molar-refractivity contribution >= 4 is 27.8 Å². The van der Waals surface area contributed by atoms with Gasteiger partial charge in [0.25, 0.3) is 5.91 Å². The minimum absolute atomic E-state index is 0.311. The van der Waals surface area contributed by atoms with Crippen LogP contribution in [-0.2, 0) is 16.0 Å². The molecular formula is C18H18BrNO3. The highest BCUT2D eigenvalue weighted by molar-refractivity contribution is 9.10. The highest BCUT2D eigenvalue weighted by atomic mass is 79.9. The van der Waals surface area contributed by atoms with Crippen molar-refractivity contribution in [2.45, 2.75) is 19.4 Å². The van der Waals surface area contributed by atoms with E-state index in [1.807, 2.05) is 37.3 Å². The number of esters is 1. The van der Waals surface area contributed by atoms with E-state index in [9.17, 15) is 9.59 Å². The topological polar surface area (TPSA) is 55.4 Å². The molecule has 1 atom stereocenters. The Hall–Kier alpha value is -2.14. The van der Waals surface area contributed by atoms with Gasteiger partial charge in [0.05, 0.1) is 7.11 Å². The van der Waals surface area contributed by atoms with Gasteiger partial charge in [-0.1, -0.05) is 51.8 Å². The minimum atomic E-state index is -0.728. The number of amides is 1. The van der Waals surface area contributed by atoms with Crippen molar-refractivity contribution in [1.82, 2.24) is 5.32 Å². The fourth-order valence-electron chi connectivity index (χ4n) is 2.17. The van der Waals surface area contributed by atoms with E-state index >= 15 is 0 Å². The third-order valence-corrected chi connectivity index (χ3v) is 3.93. The van der Waals surface area contributed by atoms with Crippen LogP contribution < -0.4 is 5.32 Å². The number of hydrogen-bond acceptors (Lipinski definition) is 3. The van der Waals surface area contributed by atoms with Gasteiger partial charge in [-0.2, -0.15) is 0 Å². The number of nitrogens with one attached hydrogen (secondary N) is 1. The number of carbonyl (C=O) groups is 2. The van der Waals surface area contributed by atoms with E-state index in [0.29, 0.717) is 12.0 Å². The number of carbonyl (C=O) groups excluding carboxylic acids is 2. The Balaban J connectivity index is 2.13. The number of methoxy groups -OCH3 is 1. The maximum atomic E-state index is 12.3. The Kier molecular flexibility index (Phi) is 5.93. The quantitative estimate of drug-likeness (QED) is 0.815. The second-order valence-corrected chi connectivity index (χ2v) is 6.16. The molecular weight excluding hydrogens is 358 g/mol. The second kappa shape index (κ2) is 7.92. The second-order valence-electron chi connectivity index (χ2n) is 5.25. The van der Waals surface area contributed by atoms with E-state index in [2.05, 4.69) is 21.2 Å². The summed E-state index contributed by atoms with van der Waals surface area (Å²) in [5.41, 5.74) is 2.58. The molecule has 4 nitrogen and oxygen atoms in total. The lowest BCUT2D eigenvalue weighted by Gasteiger charge is -2.17. The van der Waals surface area contributed by atoms with E-state index in [1.54, 1.807) is 18.2 Å². The van der Waals surface area contributed by atoms with Gasteiger partial charge in [0, 0.05) is 16.5 Å². The smallest absolute Gasteiger partial charge is 0.328 e. The van der Waals surface area contributed by atoms with Gasteiger partial charge in [-0.25, -0.2) is 4.79 Å². The molecule has 0 aliphatic rings. The van der Waals surface area contributed by atoms with E-state index in [-0.39, 0.29) is 5.91 Å². The van der Waals surface area contributed by atoms with Crippen LogP contribution in [0.1, 0.15) is 21.5 Å². The first kappa shape index (κ1) is 17.2. The van der Waals surface area contributed by atoms with Gasteiger partial charge < -0.3 is 10.1 Å². The first-order valence-corrected chi connectivity index (χ1v) is 7.98. The molecule has 0 aliphatic heterocycles. The molecule has 0 saturated heterocycles. The number of hydrogen-bond donors (Lipinski definition) is 1. The molecule has 0 fully saturated rings. The Labute approximate surface area is 144 Å². The lowest BCUT2D eigenvalue weighted by molar-refractivity contribution is -0.142. The van der Waals surface area contributed by atoms with Crippen LogP contribution >= 0.6 is 15.9 Å². The third kappa shape index (κ3) is 4.93. The summed E-state index contributed by atoms with van der Waals surface area (Å²) in [5, 5.41) is 2.74. The van der Waals surface area contributed by atoms with Crippen LogP contribution in [-0.4, -0.2) is 25.0 Å². The molecule has 120 valence electrons. The standard InChI is InChI=1S/C18H18BrNO3/c1-12-6-8-13(9-7-12)10-16(18(22)23-2)20-17(21)14-4-3-5-15(19)11-14/h3-9,11,16H,10H2,1-2H3,(H,20,21)/t16-/m1/s1. The van der Waals surface area contributed by atoms with Crippen molar-refractivity contribution in [2.75, 3.05) is 7.11 Å². The number of benzene rings is 2. The summed E-state index contributed by atoms with van der Waals surface area (Å²) < 4.78 is 5.61. The normalized spacial score (nSPS) is 11.6. The molecule has 0 bridgehead atoms. The summed E-state index contributed by atoms with van der Waals surface area (Å²) in [6, 6.07) is 14.1. The summed E-state index contributed by atoms with van der Waals surface area (Å²) in [4.78, 5) is 24.3. The van der Waals surface area contributed by atoms with Crippen molar-refractivity contribution in [1.29, 1.82) is 0 Å². The fraction of sp³-hybridized carbons (Fsp3) is 0.222. The molecule has 0 aromatic heterocycles. The molecule has 2 rings (SSSR count). The number of rotatable bonds is 5. The van der Waals surface area contributed by atoms with E-state index < -0.39 is 12.0 Å². The lowest BCUT2D eigenvalue weighted by atomic mass is 10.0. The number of halogens is 1. The Morgan fingerprint density at radius 1 is 1.17 bits per heavy atom. The predicted molar refractivity (Wildman–Crippen MR) is 92.3 cm³/mol. The average molecular weight is 376 g/mol. The SMILES string of the molecule is COC(=O)[C@@H](Cc1ccc(C)cc1)NC(=O)c1cccc(Br)c1. The van der Waals surface area contributed by atoms with Crippen molar-refractivity contribution in [3.63, 3.8) is 0 Å². The van der Waals surface area contributed by atoms with Crippen LogP contribution in [0.2, 0.25) is 0 Å². The van der Waals surface area contributed by atoms with Gasteiger partial charge >= 0.3 is 5.97 Å². The molecule has 0 radical (unpaired) electrons. The highest BCUT2D eigenvalue weighted by Crippen LogP contribution is 2.13. The van der Waals surface area contributed by atoms with Crippen LogP contribution in [0.3, 0.4) is 0 Å². The molecule has 0 spiro atoms. The lowest BCUT2D eigenvalue weighted by Crippen LogP contribution is -2.43. The maximum Gasteiger partial charge on any atom is 0.328 e. The van der Waals surface area contributed by atoms with Crippen molar-refractivity contribution in [3.8, 4) is 0 Å². The zero-order chi connectivity index (χ0) is 16.8. The Bertz CT molecular complexity index is 698. The molecule has 0 aliphatic carbocycles. The van der Waals surface area contributed by atoms with Crippen LogP contribution in [0.5, 0.6) is 0 Å². The summed E-state index contributed by atoms with van der Waals surface area (Å²) in [6.45, 7) is 2.00. The first-order chi connectivity index (χ1) is 11.0. The van der Waals surface area contributed by atoms with E-state index in [0.717, 1.165) is 15.6 Å². The molecule has 0 unspecified atom stereocenters. The predicted octanol–water partition coefficient (Wildman–Crippen LogP) is 3.27. The molecule has 1 amide bonds. The Morgan fingerprint density at radius 2 is 1.87 bits per heavy atom. The number of aryl methyl sites for hydroxylation is 1. The largest absolute Gasteiger partial charge is 0.467 e. The van der Waals surface area contributed by atoms with Gasteiger partial charge in [-0.15, -0.1) is 0 Å². The van der Waals surface area contributed by atoms with Gasteiger partial charge in [-0.05, 0) is 30.7 Å². The minimum Gasteiger partial charge on any atom is -0.467 e. The van der Waals surface area contributed by atoms with Crippen LogP contribution in [0, 0.1) is 6.92 Å². The molecule has 2 aromatic rings. The summed E-state index contributed by atoms with van der Waals surface area (Å²) >= 11 is 3.33. The third-order valence-electron chi connectivity index (χ3n) is 3.44. The van der Waals surface area contributed by atoms with Gasteiger partial charge in [-0.3, -0.25) is 4.79 Å². The first-order valence-electron chi connectivity index (χ1n) is 7.19. The zero-order valence-electron chi connectivity index (χ0n) is 13.0. The molecule has 0 saturated carbocycles. The molecule has 1 N–H and O–H groups in total. The molecule has 23 heavy (non-hydrogen) atoms. The van der Waals surface area contributed by atoms with Crippen molar-refractivity contribution in [3.05, 3.63) is 69.7 Å². The van der Waals surface area contributed by atoms with Gasteiger partial charge in [0.1, 0.15) is 6.04 Å². The fourth-order valence-corrected chi connectivity index (χ4v) is 2.57. The van der Waals surface area contributed by atoms with Crippen molar-refractivity contribution < 1.29 is 14.3 Å². The highest BCUT2D eigenvalue weighted by Gasteiger charge is 2.22.